The van der Waals surface area contributed by atoms with Gasteiger partial charge in [-0.15, -0.1) is 11.3 Å². The molecule has 1 aromatic carbocycles. The second kappa shape index (κ2) is 5.70. The van der Waals surface area contributed by atoms with Crippen LogP contribution >= 0.6 is 22.9 Å². The maximum absolute atomic E-state index is 13.9. The normalized spacial score (nSPS) is 16.5. The molecule has 1 heterocycles. The van der Waals surface area contributed by atoms with Crippen molar-refractivity contribution in [3.63, 3.8) is 0 Å². The van der Waals surface area contributed by atoms with Gasteiger partial charge in [0, 0.05) is 16.5 Å². The highest BCUT2D eigenvalue weighted by molar-refractivity contribution is 7.16. The van der Waals surface area contributed by atoms with E-state index < -0.39 is 0 Å². The lowest BCUT2D eigenvalue weighted by atomic mass is 9.90. The SMILES string of the molecule is Nc1sc(C2CCCCC2)nc1-c1cc(Cl)ccc1F. The van der Waals surface area contributed by atoms with Crippen LogP contribution in [0.5, 0.6) is 0 Å². The summed E-state index contributed by atoms with van der Waals surface area (Å²) in [6.07, 6.45) is 6.10. The van der Waals surface area contributed by atoms with E-state index in [1.807, 2.05) is 0 Å². The highest BCUT2D eigenvalue weighted by Gasteiger charge is 2.22. The first-order valence-corrected chi connectivity index (χ1v) is 8.06. The first kappa shape index (κ1) is 13.8. The van der Waals surface area contributed by atoms with Gasteiger partial charge < -0.3 is 5.73 Å². The van der Waals surface area contributed by atoms with Crippen LogP contribution in [-0.4, -0.2) is 4.98 Å². The summed E-state index contributed by atoms with van der Waals surface area (Å²) in [5, 5.41) is 2.11. The zero-order valence-electron chi connectivity index (χ0n) is 11.0. The minimum Gasteiger partial charge on any atom is -0.389 e. The van der Waals surface area contributed by atoms with Crippen molar-refractivity contribution < 1.29 is 4.39 Å². The third kappa shape index (κ3) is 2.67. The van der Waals surface area contributed by atoms with Crippen molar-refractivity contribution in [3.05, 3.63) is 34.0 Å². The predicted molar refractivity (Wildman–Crippen MR) is 82.8 cm³/mol. The van der Waals surface area contributed by atoms with E-state index in [0.29, 0.717) is 27.2 Å². The number of hydrogen-bond acceptors (Lipinski definition) is 3. The summed E-state index contributed by atoms with van der Waals surface area (Å²) in [7, 11) is 0. The van der Waals surface area contributed by atoms with Crippen LogP contribution in [0.25, 0.3) is 11.3 Å². The summed E-state index contributed by atoms with van der Waals surface area (Å²) in [5.41, 5.74) is 6.98. The average Bonchev–Trinajstić information content (AvgIpc) is 2.84. The van der Waals surface area contributed by atoms with Gasteiger partial charge >= 0.3 is 0 Å². The fourth-order valence-corrected chi connectivity index (χ4v) is 3.93. The lowest BCUT2D eigenvalue weighted by Crippen LogP contribution is -2.03. The van der Waals surface area contributed by atoms with E-state index >= 15 is 0 Å². The van der Waals surface area contributed by atoms with E-state index in [0.717, 1.165) is 17.8 Å². The number of nitrogens with two attached hydrogens (primary N) is 1. The molecule has 1 aromatic heterocycles. The minimum atomic E-state index is -0.332. The molecule has 1 aliphatic carbocycles. The second-order valence-electron chi connectivity index (χ2n) is 5.22. The molecule has 2 aromatic rings. The highest BCUT2D eigenvalue weighted by atomic mass is 35.5. The Morgan fingerprint density at radius 3 is 2.75 bits per heavy atom. The van der Waals surface area contributed by atoms with Crippen LogP contribution in [0.4, 0.5) is 9.39 Å². The van der Waals surface area contributed by atoms with Crippen LogP contribution in [-0.2, 0) is 0 Å². The number of rotatable bonds is 2. The number of nitrogens with zero attached hydrogens (tertiary/aromatic N) is 1. The number of nitrogen functional groups attached to an aromatic ring is 1. The molecule has 20 heavy (non-hydrogen) atoms. The molecule has 0 atom stereocenters. The molecule has 0 spiro atoms. The zero-order chi connectivity index (χ0) is 14.1. The van der Waals surface area contributed by atoms with Gasteiger partial charge in [0.2, 0.25) is 0 Å². The molecular weight excluding hydrogens is 295 g/mol. The number of anilines is 1. The van der Waals surface area contributed by atoms with Crippen LogP contribution in [0.15, 0.2) is 18.2 Å². The van der Waals surface area contributed by atoms with Crippen molar-refractivity contribution in [1.82, 2.24) is 4.98 Å². The van der Waals surface area contributed by atoms with Gasteiger partial charge in [-0.2, -0.15) is 0 Å². The van der Waals surface area contributed by atoms with Gasteiger partial charge in [0.05, 0.1) is 5.01 Å². The molecule has 2 nitrogen and oxygen atoms in total. The fraction of sp³-hybridized carbons (Fsp3) is 0.400. The molecule has 0 unspecified atom stereocenters. The summed E-state index contributed by atoms with van der Waals surface area (Å²) >= 11 is 7.43. The topological polar surface area (TPSA) is 38.9 Å². The van der Waals surface area contributed by atoms with E-state index in [1.54, 1.807) is 6.07 Å². The highest BCUT2D eigenvalue weighted by Crippen LogP contribution is 2.40. The quantitative estimate of drug-likeness (QED) is 0.824. The fourth-order valence-electron chi connectivity index (χ4n) is 2.75. The third-order valence-corrected chi connectivity index (χ3v) is 5.09. The van der Waals surface area contributed by atoms with Gasteiger partial charge in [0.25, 0.3) is 0 Å². The van der Waals surface area contributed by atoms with Crippen LogP contribution in [0, 0.1) is 5.82 Å². The summed E-state index contributed by atoms with van der Waals surface area (Å²) in [6, 6.07) is 4.48. The second-order valence-corrected chi connectivity index (χ2v) is 6.72. The molecule has 1 aliphatic rings. The first-order valence-electron chi connectivity index (χ1n) is 6.87. The van der Waals surface area contributed by atoms with Gasteiger partial charge in [-0.1, -0.05) is 30.9 Å². The van der Waals surface area contributed by atoms with Crippen LogP contribution < -0.4 is 5.73 Å². The Kier molecular flexibility index (Phi) is 3.94. The Bertz CT molecular complexity index is 620. The standard InChI is InChI=1S/C15H16ClFN2S/c16-10-6-7-12(17)11(8-10)13-14(18)20-15(19-13)9-4-2-1-3-5-9/h6-9H,1-5,18H2. The largest absolute Gasteiger partial charge is 0.389 e. The van der Waals surface area contributed by atoms with Crippen molar-refractivity contribution >= 4 is 27.9 Å². The van der Waals surface area contributed by atoms with Crippen molar-refractivity contribution in [2.45, 2.75) is 38.0 Å². The summed E-state index contributed by atoms with van der Waals surface area (Å²) in [6.45, 7) is 0. The molecule has 0 radical (unpaired) electrons. The number of aromatic nitrogens is 1. The Hall–Kier alpha value is -1.13. The Morgan fingerprint density at radius 2 is 2.00 bits per heavy atom. The molecular formula is C15H16ClFN2S. The molecule has 0 amide bonds. The lowest BCUT2D eigenvalue weighted by molar-refractivity contribution is 0.442. The Balaban J connectivity index is 1.98. The molecule has 0 bridgehead atoms. The van der Waals surface area contributed by atoms with Crippen LogP contribution in [0.3, 0.4) is 0 Å². The van der Waals surface area contributed by atoms with Gasteiger partial charge in [-0.25, -0.2) is 9.37 Å². The maximum Gasteiger partial charge on any atom is 0.132 e. The van der Waals surface area contributed by atoms with Gasteiger partial charge in [0.1, 0.15) is 16.5 Å². The minimum absolute atomic E-state index is 0.332. The first-order chi connectivity index (χ1) is 9.65. The number of thiazole rings is 1. The number of halogens is 2. The number of benzene rings is 1. The molecule has 1 fully saturated rings. The molecule has 106 valence electrons. The van der Waals surface area contributed by atoms with E-state index in [9.17, 15) is 4.39 Å². The van der Waals surface area contributed by atoms with Gasteiger partial charge in [-0.05, 0) is 31.0 Å². The van der Waals surface area contributed by atoms with Crippen molar-refractivity contribution in [1.29, 1.82) is 0 Å². The summed E-state index contributed by atoms with van der Waals surface area (Å²) < 4.78 is 13.9. The summed E-state index contributed by atoms with van der Waals surface area (Å²) in [5.74, 6) is 0.147. The van der Waals surface area contributed by atoms with Crippen molar-refractivity contribution in [2.75, 3.05) is 5.73 Å². The molecule has 0 aliphatic heterocycles. The monoisotopic (exact) mass is 310 g/mol. The molecule has 5 heteroatoms. The molecule has 1 saturated carbocycles. The third-order valence-electron chi connectivity index (χ3n) is 3.81. The van der Waals surface area contributed by atoms with Crippen LogP contribution in [0.2, 0.25) is 5.02 Å². The molecule has 0 saturated heterocycles. The number of hydrogen-bond donors (Lipinski definition) is 1. The van der Waals surface area contributed by atoms with Gasteiger partial charge in [-0.3, -0.25) is 0 Å². The average molecular weight is 311 g/mol. The molecule has 2 N–H and O–H groups in total. The lowest BCUT2D eigenvalue weighted by Gasteiger charge is -2.18. The molecule has 3 rings (SSSR count). The van der Waals surface area contributed by atoms with Crippen LogP contribution in [0.1, 0.15) is 43.0 Å². The van der Waals surface area contributed by atoms with E-state index in [4.69, 9.17) is 17.3 Å². The predicted octanol–water partition coefficient (Wildman–Crippen LogP) is 5.23. The van der Waals surface area contributed by atoms with E-state index in [-0.39, 0.29) is 5.82 Å². The zero-order valence-corrected chi connectivity index (χ0v) is 12.6. The smallest absolute Gasteiger partial charge is 0.132 e. The van der Waals surface area contributed by atoms with Gasteiger partial charge in [0.15, 0.2) is 0 Å². The van der Waals surface area contributed by atoms with E-state index in [2.05, 4.69) is 4.98 Å². The van der Waals surface area contributed by atoms with Crippen molar-refractivity contribution in [2.24, 2.45) is 0 Å². The summed E-state index contributed by atoms with van der Waals surface area (Å²) in [4.78, 5) is 4.60. The van der Waals surface area contributed by atoms with E-state index in [1.165, 1.54) is 42.7 Å². The Labute approximate surface area is 126 Å². The van der Waals surface area contributed by atoms with Crippen molar-refractivity contribution in [3.8, 4) is 11.3 Å². The maximum atomic E-state index is 13.9. The Morgan fingerprint density at radius 1 is 1.25 bits per heavy atom.